The zero-order chi connectivity index (χ0) is 21.3. The van der Waals surface area contributed by atoms with Crippen LogP contribution in [0.25, 0.3) is 0 Å². The maximum absolute atomic E-state index is 12.9. The van der Waals surface area contributed by atoms with E-state index < -0.39 is 10.0 Å². The molecule has 0 unspecified atom stereocenters. The molecule has 8 nitrogen and oxygen atoms in total. The van der Waals surface area contributed by atoms with E-state index in [-0.39, 0.29) is 23.3 Å². The minimum Gasteiger partial charge on any atom is -0.363 e. The highest BCUT2D eigenvalue weighted by atomic mass is 32.2. The van der Waals surface area contributed by atoms with Gasteiger partial charge in [-0.05, 0) is 19.1 Å². The quantitative estimate of drug-likeness (QED) is 0.710. The summed E-state index contributed by atoms with van der Waals surface area (Å²) in [5, 5.41) is 0. The smallest absolute Gasteiger partial charge is 0.243 e. The molecule has 1 aliphatic heterocycles. The monoisotopic (exact) mass is 417 g/mol. The van der Waals surface area contributed by atoms with Crippen molar-refractivity contribution >= 4 is 21.7 Å². The number of carbonyl (C=O) groups excluding carboxylic acids is 1. The number of rotatable bonds is 6. The number of amides is 1. The first-order valence-corrected chi connectivity index (χ1v) is 10.8. The maximum atomic E-state index is 12.9. The Kier molecular flexibility index (Phi) is 5.90. The van der Waals surface area contributed by atoms with E-state index in [0.29, 0.717) is 24.6 Å². The average Bonchev–Trinajstić information content (AvgIpc) is 3.00. The molecular formula is C20H27N5O3S. The van der Waals surface area contributed by atoms with E-state index in [2.05, 4.69) is 9.97 Å². The number of hydrogen-bond acceptors (Lipinski definition) is 6. The highest BCUT2D eigenvalue weighted by Crippen LogP contribution is 2.28. The molecule has 1 aromatic carbocycles. The molecule has 1 fully saturated rings. The van der Waals surface area contributed by atoms with Crippen molar-refractivity contribution < 1.29 is 13.2 Å². The average molecular weight is 418 g/mol. The molecular weight excluding hydrogens is 390 g/mol. The number of likely N-dealkylation sites (tertiary alicyclic amines) is 1. The van der Waals surface area contributed by atoms with Crippen molar-refractivity contribution in [2.24, 2.45) is 0 Å². The molecule has 0 bridgehead atoms. The van der Waals surface area contributed by atoms with Crippen molar-refractivity contribution in [1.29, 1.82) is 0 Å². The van der Waals surface area contributed by atoms with Crippen LogP contribution in [0.4, 0.5) is 5.82 Å². The van der Waals surface area contributed by atoms with Crippen LogP contribution in [-0.4, -0.2) is 68.2 Å². The van der Waals surface area contributed by atoms with Crippen molar-refractivity contribution in [2.75, 3.05) is 39.6 Å². The number of aryl methyl sites for hydroxylation is 1. The van der Waals surface area contributed by atoms with Gasteiger partial charge in [0.25, 0.3) is 0 Å². The molecule has 1 atom stereocenters. The van der Waals surface area contributed by atoms with E-state index >= 15 is 0 Å². The van der Waals surface area contributed by atoms with Crippen LogP contribution >= 0.6 is 0 Å². The first kappa shape index (κ1) is 21.2. The Morgan fingerprint density at radius 3 is 2.34 bits per heavy atom. The number of carbonyl (C=O) groups is 1. The fourth-order valence-electron chi connectivity index (χ4n) is 3.25. The Balaban J connectivity index is 1.89. The fourth-order valence-corrected chi connectivity index (χ4v) is 4.37. The van der Waals surface area contributed by atoms with Gasteiger partial charge in [0, 0.05) is 53.1 Å². The minimum atomic E-state index is -3.66. The molecule has 0 N–H and O–H groups in total. The maximum Gasteiger partial charge on any atom is 0.243 e. The predicted molar refractivity (Wildman–Crippen MR) is 111 cm³/mol. The number of hydrogen-bond donors (Lipinski definition) is 0. The molecule has 1 aromatic heterocycles. The highest BCUT2D eigenvalue weighted by molar-refractivity contribution is 7.89. The van der Waals surface area contributed by atoms with E-state index in [0.717, 1.165) is 11.3 Å². The minimum absolute atomic E-state index is 0.0213. The first-order valence-electron chi connectivity index (χ1n) is 9.40. The van der Waals surface area contributed by atoms with Gasteiger partial charge in [-0.1, -0.05) is 17.7 Å². The van der Waals surface area contributed by atoms with Crippen LogP contribution in [-0.2, 0) is 21.4 Å². The molecule has 1 aliphatic rings. The largest absolute Gasteiger partial charge is 0.363 e. The molecule has 0 aliphatic carbocycles. The third kappa shape index (κ3) is 4.56. The van der Waals surface area contributed by atoms with Crippen LogP contribution in [0.5, 0.6) is 0 Å². The topological polar surface area (TPSA) is 86.7 Å². The Labute approximate surface area is 172 Å². The van der Waals surface area contributed by atoms with Crippen molar-refractivity contribution in [2.45, 2.75) is 30.7 Å². The SMILES string of the molecule is Cc1ccc(S(=O)(=O)N(C)Cc2nc([C@H]3CC(=O)N(C)C3)cc(N(C)C)n2)cc1. The van der Waals surface area contributed by atoms with Crippen LogP contribution in [0, 0.1) is 6.92 Å². The second-order valence-corrected chi connectivity index (χ2v) is 9.76. The van der Waals surface area contributed by atoms with Crippen LogP contribution < -0.4 is 4.90 Å². The zero-order valence-corrected chi connectivity index (χ0v) is 18.3. The van der Waals surface area contributed by atoms with E-state index in [9.17, 15) is 13.2 Å². The lowest BCUT2D eigenvalue weighted by molar-refractivity contribution is -0.126. The Hall–Kier alpha value is -2.52. The van der Waals surface area contributed by atoms with E-state index in [1.807, 2.05) is 32.0 Å². The van der Waals surface area contributed by atoms with E-state index in [1.54, 1.807) is 36.2 Å². The molecule has 2 aromatic rings. The molecule has 156 valence electrons. The van der Waals surface area contributed by atoms with Gasteiger partial charge in [0.15, 0.2) is 0 Å². The molecule has 2 heterocycles. The molecule has 29 heavy (non-hydrogen) atoms. The lowest BCUT2D eigenvalue weighted by atomic mass is 10.0. The summed E-state index contributed by atoms with van der Waals surface area (Å²) in [5.74, 6) is 1.16. The number of sulfonamides is 1. The van der Waals surface area contributed by atoms with Gasteiger partial charge in [-0.2, -0.15) is 4.31 Å². The van der Waals surface area contributed by atoms with Crippen LogP contribution in [0.1, 0.15) is 29.4 Å². The van der Waals surface area contributed by atoms with Crippen LogP contribution in [0.2, 0.25) is 0 Å². The second-order valence-electron chi connectivity index (χ2n) is 7.71. The number of nitrogens with zero attached hydrogens (tertiary/aromatic N) is 5. The molecule has 1 amide bonds. The fraction of sp³-hybridized carbons (Fsp3) is 0.450. The summed E-state index contributed by atoms with van der Waals surface area (Å²) in [6, 6.07) is 8.62. The van der Waals surface area contributed by atoms with Crippen molar-refractivity contribution in [3.8, 4) is 0 Å². The first-order chi connectivity index (χ1) is 13.6. The number of anilines is 1. The standard InChI is InChI=1S/C20H27N5O3S/c1-14-6-8-16(9-7-14)29(27,28)25(5)13-18-21-17(11-19(22-18)23(2)3)15-10-20(26)24(4)12-15/h6-9,11,15H,10,12-13H2,1-5H3/t15-/m0/s1. The lowest BCUT2D eigenvalue weighted by Gasteiger charge is -2.20. The van der Waals surface area contributed by atoms with Crippen molar-refractivity contribution in [3.05, 3.63) is 47.4 Å². The molecule has 0 spiro atoms. The summed E-state index contributed by atoms with van der Waals surface area (Å²) in [6.07, 6.45) is 0.400. The summed E-state index contributed by atoms with van der Waals surface area (Å²) in [5.41, 5.74) is 1.76. The van der Waals surface area contributed by atoms with Gasteiger partial charge < -0.3 is 9.80 Å². The summed E-state index contributed by atoms with van der Waals surface area (Å²) in [6.45, 7) is 2.55. The van der Waals surface area contributed by atoms with Gasteiger partial charge in [-0.25, -0.2) is 18.4 Å². The molecule has 1 saturated heterocycles. The zero-order valence-electron chi connectivity index (χ0n) is 17.5. The van der Waals surface area contributed by atoms with Crippen molar-refractivity contribution in [3.63, 3.8) is 0 Å². The third-order valence-corrected chi connectivity index (χ3v) is 6.91. The van der Waals surface area contributed by atoms with Crippen molar-refractivity contribution in [1.82, 2.24) is 19.2 Å². The highest BCUT2D eigenvalue weighted by Gasteiger charge is 2.30. The van der Waals surface area contributed by atoms with E-state index in [1.165, 1.54) is 11.4 Å². The summed E-state index contributed by atoms with van der Waals surface area (Å²) in [7, 11) is 3.38. The summed E-state index contributed by atoms with van der Waals surface area (Å²) in [4.78, 5) is 24.8. The van der Waals surface area contributed by atoms with Gasteiger partial charge in [0.2, 0.25) is 15.9 Å². The van der Waals surface area contributed by atoms with Gasteiger partial charge in [-0.3, -0.25) is 4.79 Å². The molecule has 0 radical (unpaired) electrons. The molecule has 0 saturated carbocycles. The summed E-state index contributed by atoms with van der Waals surface area (Å²) < 4.78 is 27.1. The number of likely N-dealkylation sites (N-methyl/N-ethyl adjacent to an activating group) is 1. The Bertz CT molecular complexity index is 1010. The molecule has 3 rings (SSSR count). The van der Waals surface area contributed by atoms with Gasteiger partial charge in [-0.15, -0.1) is 0 Å². The predicted octanol–water partition coefficient (Wildman–Crippen LogP) is 1.62. The van der Waals surface area contributed by atoms with Crippen LogP contribution in [0.15, 0.2) is 35.2 Å². The summed E-state index contributed by atoms with van der Waals surface area (Å²) >= 11 is 0. The van der Waals surface area contributed by atoms with Gasteiger partial charge in [0.1, 0.15) is 11.6 Å². The number of aromatic nitrogens is 2. The normalized spacial score (nSPS) is 17.2. The van der Waals surface area contributed by atoms with Crippen LogP contribution in [0.3, 0.4) is 0 Å². The Morgan fingerprint density at radius 2 is 1.79 bits per heavy atom. The van der Waals surface area contributed by atoms with Gasteiger partial charge >= 0.3 is 0 Å². The van der Waals surface area contributed by atoms with Gasteiger partial charge in [0.05, 0.1) is 17.1 Å². The second kappa shape index (κ2) is 8.08. The van der Waals surface area contributed by atoms with E-state index in [4.69, 9.17) is 0 Å². The molecule has 9 heteroatoms. The lowest BCUT2D eigenvalue weighted by Crippen LogP contribution is -2.28. The number of benzene rings is 1. The third-order valence-electron chi connectivity index (χ3n) is 5.09. The Morgan fingerprint density at radius 1 is 1.14 bits per heavy atom.